The summed E-state index contributed by atoms with van der Waals surface area (Å²) in [6.07, 6.45) is 1.73. The van der Waals surface area contributed by atoms with Gasteiger partial charge in [0.05, 0.1) is 0 Å². The molecule has 0 aliphatic carbocycles. The second kappa shape index (κ2) is 3.88. The highest BCUT2D eigenvalue weighted by atomic mass is 16.1. The number of hydrogen-bond acceptors (Lipinski definition) is 3. The van der Waals surface area contributed by atoms with E-state index in [9.17, 15) is 4.79 Å². The molecule has 1 aromatic rings. The number of nitrogens with two attached hydrogens (primary N) is 1. The molecule has 1 amide bonds. The molecule has 0 saturated carbocycles. The van der Waals surface area contributed by atoms with Crippen LogP contribution in [0.1, 0.15) is 45.9 Å². The summed E-state index contributed by atoms with van der Waals surface area (Å²) >= 11 is 0. The van der Waals surface area contributed by atoms with Crippen LogP contribution in [0.15, 0.2) is 6.20 Å². The van der Waals surface area contributed by atoms with Crippen molar-refractivity contribution in [3.8, 4) is 6.07 Å². The molecule has 5 heteroatoms. The normalized spacial score (nSPS) is 12.2. The number of nitriles is 1. The second-order valence-electron chi connectivity index (χ2n) is 5.62. The molecular formula is C12H18N4O. The van der Waals surface area contributed by atoms with Crippen LogP contribution in [-0.2, 0) is 15.7 Å². The first-order chi connectivity index (χ1) is 7.60. The van der Waals surface area contributed by atoms with E-state index in [-0.39, 0.29) is 5.41 Å². The Kier molecular flexibility index (Phi) is 3.02. The lowest BCUT2D eigenvalue weighted by atomic mass is 9.87. The van der Waals surface area contributed by atoms with Crippen molar-refractivity contribution in [1.29, 1.82) is 5.26 Å². The molecule has 0 unspecified atom stereocenters. The topological polar surface area (TPSA) is 84.7 Å². The van der Waals surface area contributed by atoms with Gasteiger partial charge >= 0.3 is 0 Å². The fourth-order valence-corrected chi connectivity index (χ4v) is 1.40. The van der Waals surface area contributed by atoms with Crippen molar-refractivity contribution < 1.29 is 4.79 Å². The number of aromatic nitrogens is 2. The highest BCUT2D eigenvalue weighted by Crippen LogP contribution is 2.27. The fraction of sp³-hybridized carbons (Fsp3) is 0.583. The Morgan fingerprint density at radius 2 is 1.94 bits per heavy atom. The minimum absolute atomic E-state index is 0.197. The number of amides is 1. The zero-order valence-electron chi connectivity index (χ0n) is 10.9. The standard InChI is InChI=1S/C12H18N4O/c1-11(2,3)8-7-16(15-9(8)6-13)12(4,5)10(14)17/h7H,1-5H3,(H2,14,17). The van der Waals surface area contributed by atoms with E-state index in [0.717, 1.165) is 5.56 Å². The number of nitrogens with zero attached hydrogens (tertiary/aromatic N) is 3. The third-order valence-electron chi connectivity index (χ3n) is 2.80. The average Bonchev–Trinajstić information content (AvgIpc) is 2.60. The molecule has 92 valence electrons. The van der Waals surface area contributed by atoms with Gasteiger partial charge in [-0.15, -0.1) is 0 Å². The highest BCUT2D eigenvalue weighted by Gasteiger charge is 2.31. The van der Waals surface area contributed by atoms with Crippen LogP contribution in [0.4, 0.5) is 0 Å². The summed E-state index contributed by atoms with van der Waals surface area (Å²) in [7, 11) is 0. The second-order valence-corrected chi connectivity index (χ2v) is 5.62. The first-order valence-electron chi connectivity index (χ1n) is 5.41. The Balaban J connectivity index is 3.39. The molecule has 0 aromatic carbocycles. The van der Waals surface area contributed by atoms with Crippen LogP contribution < -0.4 is 5.73 Å². The van der Waals surface area contributed by atoms with E-state index in [1.165, 1.54) is 4.68 Å². The van der Waals surface area contributed by atoms with Gasteiger partial charge in [-0.1, -0.05) is 20.8 Å². The SMILES string of the molecule is CC(C)(C)c1cn(C(C)(C)C(N)=O)nc1C#N. The van der Waals surface area contributed by atoms with Gasteiger partial charge in [0.15, 0.2) is 5.69 Å². The maximum absolute atomic E-state index is 11.4. The van der Waals surface area contributed by atoms with Crippen molar-refractivity contribution in [2.24, 2.45) is 5.73 Å². The molecule has 1 heterocycles. The van der Waals surface area contributed by atoms with Crippen LogP contribution in [0.2, 0.25) is 0 Å². The van der Waals surface area contributed by atoms with Gasteiger partial charge in [-0.05, 0) is 19.3 Å². The van der Waals surface area contributed by atoms with Gasteiger partial charge < -0.3 is 5.73 Å². The molecule has 0 saturated heterocycles. The highest BCUT2D eigenvalue weighted by molar-refractivity contribution is 5.81. The smallest absolute Gasteiger partial charge is 0.244 e. The molecule has 2 N–H and O–H groups in total. The Hall–Kier alpha value is -1.83. The molecule has 1 aromatic heterocycles. The van der Waals surface area contributed by atoms with Crippen LogP contribution in [0, 0.1) is 11.3 Å². The van der Waals surface area contributed by atoms with E-state index >= 15 is 0 Å². The molecule has 0 atom stereocenters. The molecule has 0 bridgehead atoms. The van der Waals surface area contributed by atoms with Crippen molar-refractivity contribution in [2.45, 2.75) is 45.6 Å². The van der Waals surface area contributed by atoms with Crippen molar-refractivity contribution in [2.75, 3.05) is 0 Å². The Morgan fingerprint density at radius 3 is 2.24 bits per heavy atom. The van der Waals surface area contributed by atoms with E-state index in [1.807, 2.05) is 26.8 Å². The monoisotopic (exact) mass is 234 g/mol. The molecule has 1 rings (SSSR count). The number of carbonyl (C=O) groups excluding carboxylic acids is 1. The minimum Gasteiger partial charge on any atom is -0.368 e. The lowest BCUT2D eigenvalue weighted by molar-refractivity contribution is -0.125. The predicted octanol–water partition coefficient (Wildman–Crippen LogP) is 1.27. The van der Waals surface area contributed by atoms with Gasteiger partial charge in [0.1, 0.15) is 11.6 Å². The van der Waals surface area contributed by atoms with Crippen LogP contribution in [0.25, 0.3) is 0 Å². The summed E-state index contributed by atoms with van der Waals surface area (Å²) in [6, 6.07) is 2.05. The lowest BCUT2D eigenvalue weighted by Crippen LogP contribution is -2.41. The average molecular weight is 234 g/mol. The lowest BCUT2D eigenvalue weighted by Gasteiger charge is -2.21. The summed E-state index contributed by atoms with van der Waals surface area (Å²) in [5.41, 5.74) is 5.35. The number of rotatable bonds is 2. The zero-order chi connectivity index (χ0) is 13.4. The van der Waals surface area contributed by atoms with Gasteiger partial charge in [0, 0.05) is 11.8 Å². The molecule has 0 aliphatic heterocycles. The van der Waals surface area contributed by atoms with Crippen LogP contribution in [0.3, 0.4) is 0 Å². The Morgan fingerprint density at radius 1 is 1.41 bits per heavy atom. The predicted molar refractivity (Wildman–Crippen MR) is 64.2 cm³/mol. The quantitative estimate of drug-likeness (QED) is 0.836. The molecule has 0 spiro atoms. The summed E-state index contributed by atoms with van der Waals surface area (Å²) in [5, 5.41) is 13.2. The Bertz CT molecular complexity index is 486. The molecule has 5 nitrogen and oxygen atoms in total. The number of primary amides is 1. The minimum atomic E-state index is -0.935. The number of carbonyl (C=O) groups is 1. The van der Waals surface area contributed by atoms with Crippen LogP contribution in [0.5, 0.6) is 0 Å². The molecular weight excluding hydrogens is 216 g/mol. The van der Waals surface area contributed by atoms with Gasteiger partial charge in [-0.3, -0.25) is 9.48 Å². The van der Waals surface area contributed by atoms with Gasteiger partial charge in [0.25, 0.3) is 0 Å². The molecule has 0 aliphatic rings. The number of hydrogen-bond donors (Lipinski definition) is 1. The van der Waals surface area contributed by atoms with E-state index in [1.54, 1.807) is 20.0 Å². The van der Waals surface area contributed by atoms with Gasteiger partial charge in [-0.2, -0.15) is 10.4 Å². The van der Waals surface area contributed by atoms with Crippen molar-refractivity contribution in [1.82, 2.24) is 9.78 Å². The maximum Gasteiger partial charge on any atom is 0.244 e. The maximum atomic E-state index is 11.4. The Labute approximate surface area is 101 Å². The first kappa shape index (κ1) is 13.2. The van der Waals surface area contributed by atoms with Crippen molar-refractivity contribution >= 4 is 5.91 Å². The first-order valence-corrected chi connectivity index (χ1v) is 5.41. The summed E-state index contributed by atoms with van der Waals surface area (Å²) in [4.78, 5) is 11.4. The fourth-order valence-electron chi connectivity index (χ4n) is 1.40. The van der Waals surface area contributed by atoms with Crippen molar-refractivity contribution in [3.63, 3.8) is 0 Å². The molecule has 0 fully saturated rings. The van der Waals surface area contributed by atoms with E-state index in [0.29, 0.717) is 5.69 Å². The van der Waals surface area contributed by atoms with E-state index in [4.69, 9.17) is 11.0 Å². The van der Waals surface area contributed by atoms with E-state index < -0.39 is 11.4 Å². The van der Waals surface area contributed by atoms with Gasteiger partial charge in [0.2, 0.25) is 5.91 Å². The third-order valence-corrected chi connectivity index (χ3v) is 2.80. The van der Waals surface area contributed by atoms with Crippen LogP contribution in [-0.4, -0.2) is 15.7 Å². The third kappa shape index (κ3) is 2.31. The zero-order valence-corrected chi connectivity index (χ0v) is 10.9. The molecule has 17 heavy (non-hydrogen) atoms. The van der Waals surface area contributed by atoms with Gasteiger partial charge in [-0.25, -0.2) is 0 Å². The summed E-state index contributed by atoms with van der Waals surface area (Å²) in [6.45, 7) is 9.33. The summed E-state index contributed by atoms with van der Waals surface area (Å²) in [5.74, 6) is -0.482. The van der Waals surface area contributed by atoms with Crippen LogP contribution >= 0.6 is 0 Å². The largest absolute Gasteiger partial charge is 0.368 e. The molecule has 0 radical (unpaired) electrons. The summed E-state index contributed by atoms with van der Waals surface area (Å²) < 4.78 is 1.47. The van der Waals surface area contributed by atoms with Crippen molar-refractivity contribution in [3.05, 3.63) is 17.5 Å². The van der Waals surface area contributed by atoms with E-state index in [2.05, 4.69) is 5.10 Å².